The van der Waals surface area contributed by atoms with Crippen molar-refractivity contribution < 1.29 is 4.79 Å². The highest BCUT2D eigenvalue weighted by atomic mass is 35.5. The van der Waals surface area contributed by atoms with Crippen molar-refractivity contribution in [2.75, 3.05) is 32.1 Å². The molecule has 0 spiro atoms. The van der Waals surface area contributed by atoms with Crippen LogP contribution in [0.4, 0.5) is 4.79 Å². The Morgan fingerprint density at radius 3 is 2.46 bits per heavy atom. The fraction of sp³-hybridized carbons (Fsp3) is 0.889. The topological polar surface area (TPSA) is 23.6 Å². The Balaban J connectivity index is 2.32. The van der Waals surface area contributed by atoms with E-state index in [1.807, 2.05) is 9.80 Å². The van der Waals surface area contributed by atoms with Crippen molar-refractivity contribution in [3.8, 4) is 0 Å². The van der Waals surface area contributed by atoms with Crippen LogP contribution in [-0.2, 0) is 0 Å². The number of carbonyl (C=O) groups excluding carboxylic acids is 1. The van der Waals surface area contributed by atoms with Crippen molar-refractivity contribution in [3.05, 3.63) is 0 Å². The van der Waals surface area contributed by atoms with E-state index in [0.717, 1.165) is 32.5 Å². The van der Waals surface area contributed by atoms with Gasteiger partial charge in [0.05, 0.1) is 0 Å². The number of hydrogen-bond donors (Lipinski definition) is 0. The smallest absolute Gasteiger partial charge is 0.320 e. The number of hydrogen-bond acceptors (Lipinski definition) is 1. The molecule has 1 saturated heterocycles. The summed E-state index contributed by atoms with van der Waals surface area (Å²) in [6.07, 6.45) is 2.24. The molecule has 13 heavy (non-hydrogen) atoms. The van der Waals surface area contributed by atoms with Crippen LogP contribution in [0.15, 0.2) is 0 Å². The molecule has 1 rings (SSSR count). The van der Waals surface area contributed by atoms with Gasteiger partial charge in [-0.15, -0.1) is 11.6 Å². The monoisotopic (exact) mass is 204 g/mol. The van der Waals surface area contributed by atoms with Gasteiger partial charge in [-0.1, -0.05) is 13.3 Å². The minimum Gasteiger partial charge on any atom is -0.323 e. The SMILES string of the molecule is CCCCN1CCN(CCCl)C1=O. The molecule has 4 heteroatoms. The van der Waals surface area contributed by atoms with Gasteiger partial charge in [-0.25, -0.2) is 4.79 Å². The molecule has 2 amide bonds. The van der Waals surface area contributed by atoms with Crippen LogP contribution in [0.2, 0.25) is 0 Å². The highest BCUT2D eigenvalue weighted by Gasteiger charge is 2.26. The maximum absolute atomic E-state index is 11.6. The lowest BCUT2D eigenvalue weighted by molar-refractivity contribution is 0.193. The van der Waals surface area contributed by atoms with Crippen molar-refractivity contribution in [1.82, 2.24) is 9.80 Å². The molecular formula is C9H17ClN2O. The molecule has 0 aromatic carbocycles. The molecule has 0 radical (unpaired) electrons. The number of alkyl halides is 1. The van der Waals surface area contributed by atoms with Crippen LogP contribution in [0, 0.1) is 0 Å². The van der Waals surface area contributed by atoms with Crippen molar-refractivity contribution in [1.29, 1.82) is 0 Å². The van der Waals surface area contributed by atoms with E-state index < -0.39 is 0 Å². The third kappa shape index (κ3) is 2.76. The van der Waals surface area contributed by atoms with E-state index in [-0.39, 0.29) is 6.03 Å². The number of halogens is 1. The van der Waals surface area contributed by atoms with Gasteiger partial charge in [-0.2, -0.15) is 0 Å². The molecule has 76 valence electrons. The summed E-state index contributed by atoms with van der Waals surface area (Å²) in [5.41, 5.74) is 0. The fourth-order valence-electron chi connectivity index (χ4n) is 1.50. The first-order valence-electron chi connectivity index (χ1n) is 4.89. The van der Waals surface area contributed by atoms with Gasteiger partial charge in [0, 0.05) is 32.1 Å². The summed E-state index contributed by atoms with van der Waals surface area (Å²) in [5.74, 6) is 0.535. The predicted octanol–water partition coefficient (Wildman–Crippen LogP) is 1.76. The zero-order valence-corrected chi connectivity index (χ0v) is 8.89. The van der Waals surface area contributed by atoms with Crippen molar-refractivity contribution in [2.24, 2.45) is 0 Å². The molecule has 0 saturated carbocycles. The second-order valence-corrected chi connectivity index (χ2v) is 3.68. The fourth-order valence-corrected chi connectivity index (χ4v) is 1.70. The van der Waals surface area contributed by atoms with Gasteiger partial charge in [0.25, 0.3) is 0 Å². The molecule has 0 atom stereocenters. The lowest BCUT2D eigenvalue weighted by atomic mass is 10.3. The van der Waals surface area contributed by atoms with E-state index >= 15 is 0 Å². The Morgan fingerprint density at radius 1 is 1.31 bits per heavy atom. The number of urea groups is 1. The highest BCUT2D eigenvalue weighted by molar-refractivity contribution is 6.18. The van der Waals surface area contributed by atoms with Crippen LogP contribution in [0.3, 0.4) is 0 Å². The van der Waals surface area contributed by atoms with Gasteiger partial charge in [0.15, 0.2) is 0 Å². The van der Waals surface area contributed by atoms with Crippen molar-refractivity contribution in [2.45, 2.75) is 19.8 Å². The Hall–Kier alpha value is -0.440. The number of unbranched alkanes of at least 4 members (excludes halogenated alkanes) is 1. The molecule has 1 aliphatic heterocycles. The Morgan fingerprint density at radius 2 is 1.92 bits per heavy atom. The number of nitrogens with zero attached hydrogens (tertiary/aromatic N) is 2. The van der Waals surface area contributed by atoms with Gasteiger partial charge >= 0.3 is 6.03 Å². The summed E-state index contributed by atoms with van der Waals surface area (Å²) < 4.78 is 0. The van der Waals surface area contributed by atoms with Crippen LogP contribution in [0.1, 0.15) is 19.8 Å². The average molecular weight is 205 g/mol. The molecule has 0 aromatic rings. The zero-order valence-electron chi connectivity index (χ0n) is 8.13. The summed E-state index contributed by atoms with van der Waals surface area (Å²) in [4.78, 5) is 15.3. The molecular weight excluding hydrogens is 188 g/mol. The lowest BCUT2D eigenvalue weighted by Crippen LogP contribution is -2.33. The third-order valence-corrected chi connectivity index (χ3v) is 2.49. The standard InChI is InChI=1S/C9H17ClN2O/c1-2-3-5-11-7-8-12(6-4-10)9(11)13/h2-8H2,1H3. The first-order chi connectivity index (χ1) is 6.29. The normalized spacial score (nSPS) is 17.2. The maximum Gasteiger partial charge on any atom is 0.320 e. The Bertz CT molecular complexity index is 175. The minimum atomic E-state index is 0.161. The summed E-state index contributed by atoms with van der Waals surface area (Å²) in [6, 6.07) is 0.161. The molecule has 0 unspecified atom stereocenters. The van der Waals surface area contributed by atoms with Gasteiger partial charge in [-0.05, 0) is 6.42 Å². The van der Waals surface area contributed by atoms with E-state index in [0.29, 0.717) is 12.4 Å². The van der Waals surface area contributed by atoms with Crippen LogP contribution in [0.25, 0.3) is 0 Å². The molecule has 3 nitrogen and oxygen atoms in total. The summed E-state index contributed by atoms with van der Waals surface area (Å²) in [5, 5.41) is 0. The summed E-state index contributed by atoms with van der Waals surface area (Å²) in [6.45, 7) is 5.43. The molecule has 0 N–H and O–H groups in total. The maximum atomic E-state index is 11.6. The van der Waals surface area contributed by atoms with E-state index in [2.05, 4.69) is 6.92 Å². The van der Waals surface area contributed by atoms with Gasteiger partial charge in [0.2, 0.25) is 0 Å². The molecule has 0 bridgehead atoms. The quantitative estimate of drug-likeness (QED) is 0.627. The molecule has 1 fully saturated rings. The van der Waals surface area contributed by atoms with E-state index in [1.165, 1.54) is 0 Å². The van der Waals surface area contributed by atoms with Crippen LogP contribution in [-0.4, -0.2) is 47.9 Å². The molecule has 1 aliphatic rings. The zero-order chi connectivity index (χ0) is 9.68. The van der Waals surface area contributed by atoms with Crippen LogP contribution in [0.5, 0.6) is 0 Å². The van der Waals surface area contributed by atoms with Crippen molar-refractivity contribution in [3.63, 3.8) is 0 Å². The second kappa shape index (κ2) is 5.32. The Labute approximate surface area is 84.6 Å². The van der Waals surface area contributed by atoms with Crippen LogP contribution >= 0.6 is 11.6 Å². The van der Waals surface area contributed by atoms with E-state index in [4.69, 9.17) is 11.6 Å². The molecule has 0 aliphatic carbocycles. The number of rotatable bonds is 5. The first kappa shape index (κ1) is 10.6. The van der Waals surface area contributed by atoms with E-state index in [1.54, 1.807) is 0 Å². The molecule has 1 heterocycles. The number of amides is 2. The van der Waals surface area contributed by atoms with Crippen LogP contribution < -0.4 is 0 Å². The van der Waals surface area contributed by atoms with E-state index in [9.17, 15) is 4.79 Å². The minimum absolute atomic E-state index is 0.161. The lowest BCUT2D eigenvalue weighted by Gasteiger charge is -2.17. The number of carbonyl (C=O) groups is 1. The molecule has 0 aromatic heterocycles. The Kier molecular flexibility index (Phi) is 4.36. The summed E-state index contributed by atoms with van der Waals surface area (Å²) in [7, 11) is 0. The largest absolute Gasteiger partial charge is 0.323 e. The van der Waals surface area contributed by atoms with Crippen molar-refractivity contribution >= 4 is 17.6 Å². The first-order valence-corrected chi connectivity index (χ1v) is 5.43. The third-order valence-electron chi connectivity index (χ3n) is 2.32. The highest BCUT2D eigenvalue weighted by Crippen LogP contribution is 2.09. The van der Waals surface area contributed by atoms with Gasteiger partial charge in [0.1, 0.15) is 0 Å². The van der Waals surface area contributed by atoms with Gasteiger partial charge in [-0.3, -0.25) is 0 Å². The average Bonchev–Trinajstić information content (AvgIpc) is 2.46. The summed E-state index contributed by atoms with van der Waals surface area (Å²) >= 11 is 5.59. The van der Waals surface area contributed by atoms with Gasteiger partial charge < -0.3 is 9.80 Å². The predicted molar refractivity (Wildman–Crippen MR) is 54.2 cm³/mol. The second-order valence-electron chi connectivity index (χ2n) is 3.30.